The van der Waals surface area contributed by atoms with Crippen LogP contribution >= 0.6 is 0 Å². The Morgan fingerprint density at radius 1 is 0.872 bits per heavy atom. The van der Waals surface area contributed by atoms with Crippen molar-refractivity contribution in [3.63, 3.8) is 0 Å². The molecule has 15 heteroatoms. The van der Waals surface area contributed by atoms with Gasteiger partial charge in [-0.15, -0.1) is 10.00 Å². The molecule has 246 valence electrons. The van der Waals surface area contributed by atoms with Crippen molar-refractivity contribution in [2.24, 2.45) is 0 Å². The number of nitrogens with zero attached hydrogens (tertiary/aromatic N) is 8. The van der Waals surface area contributed by atoms with Crippen LogP contribution in [0.2, 0.25) is 0 Å². The average Bonchev–Trinajstić information content (AvgIpc) is 3.62. The number of ether oxygens (including phenoxy) is 2. The van der Waals surface area contributed by atoms with Crippen molar-refractivity contribution >= 4 is 23.8 Å². The fraction of sp³-hybridized carbons (Fsp3) is 0.344. The summed E-state index contributed by atoms with van der Waals surface area (Å²) in [5, 5.41) is 8.59. The Bertz CT molecular complexity index is 1870. The number of anilines is 1. The summed E-state index contributed by atoms with van der Waals surface area (Å²) in [5.41, 5.74) is 0.928. The lowest BCUT2D eigenvalue weighted by molar-refractivity contribution is 0.0427. The Labute approximate surface area is 268 Å². The number of imide groups is 1. The van der Waals surface area contributed by atoms with Crippen molar-refractivity contribution in [2.75, 3.05) is 4.90 Å². The second-order valence-electron chi connectivity index (χ2n) is 12.6. The summed E-state index contributed by atoms with van der Waals surface area (Å²) in [6.07, 6.45) is 2.56. The molecule has 0 aliphatic rings. The third-order valence-electron chi connectivity index (χ3n) is 6.48. The molecule has 0 saturated carbocycles. The van der Waals surface area contributed by atoms with Crippen LogP contribution in [0.4, 0.5) is 28.7 Å². The van der Waals surface area contributed by atoms with Crippen molar-refractivity contribution < 1.29 is 32.2 Å². The molecule has 5 aromatic rings. The lowest BCUT2D eigenvalue weighted by Crippen LogP contribution is -2.44. The van der Waals surface area contributed by atoms with E-state index in [1.165, 1.54) is 52.1 Å². The second kappa shape index (κ2) is 12.8. The van der Waals surface area contributed by atoms with E-state index in [-0.39, 0.29) is 11.6 Å². The third kappa shape index (κ3) is 8.09. The van der Waals surface area contributed by atoms with E-state index < -0.39 is 48.1 Å². The number of rotatable bonds is 7. The summed E-state index contributed by atoms with van der Waals surface area (Å²) < 4.78 is 54.0. The zero-order valence-corrected chi connectivity index (χ0v) is 26.6. The highest BCUT2D eigenvalue weighted by Crippen LogP contribution is 2.29. The van der Waals surface area contributed by atoms with Gasteiger partial charge >= 0.3 is 12.2 Å². The summed E-state index contributed by atoms with van der Waals surface area (Å²) in [7, 11) is 0. The number of aromatic nitrogens is 7. The third-order valence-corrected chi connectivity index (χ3v) is 6.48. The number of amides is 2. The Kier molecular flexibility index (Phi) is 9.00. The van der Waals surface area contributed by atoms with Gasteiger partial charge in [-0.3, -0.25) is 9.67 Å². The van der Waals surface area contributed by atoms with Crippen molar-refractivity contribution in [2.45, 2.75) is 71.6 Å². The molecule has 0 aliphatic heterocycles. The van der Waals surface area contributed by atoms with Crippen LogP contribution in [-0.4, -0.2) is 64.2 Å². The predicted octanol–water partition coefficient (Wildman–Crippen LogP) is 7.11. The molecule has 0 fully saturated rings. The highest BCUT2D eigenvalue weighted by atomic mass is 19.3. The Morgan fingerprint density at radius 3 is 2.09 bits per heavy atom. The van der Waals surface area contributed by atoms with Crippen LogP contribution in [-0.2, 0) is 9.47 Å². The van der Waals surface area contributed by atoms with Crippen LogP contribution in [0, 0.1) is 5.82 Å². The zero-order valence-electron chi connectivity index (χ0n) is 26.6. The quantitative estimate of drug-likeness (QED) is 0.181. The topological polar surface area (TPSA) is 130 Å². The van der Waals surface area contributed by atoms with Gasteiger partial charge in [0.1, 0.15) is 17.0 Å². The molecule has 0 aliphatic carbocycles. The molecule has 0 saturated heterocycles. The van der Waals surface area contributed by atoms with E-state index in [0.717, 1.165) is 0 Å². The molecule has 0 N–H and O–H groups in total. The van der Waals surface area contributed by atoms with Crippen molar-refractivity contribution in [1.29, 1.82) is 0 Å². The monoisotopic (exact) mass is 650 g/mol. The first-order valence-corrected chi connectivity index (χ1v) is 14.6. The van der Waals surface area contributed by atoms with Gasteiger partial charge in [-0.25, -0.2) is 32.3 Å². The number of hydrogen-bond acceptors (Lipinski definition) is 9. The lowest BCUT2D eigenvalue weighted by Gasteiger charge is -2.26. The molecule has 2 amide bonds. The molecule has 0 spiro atoms. The van der Waals surface area contributed by atoms with E-state index in [4.69, 9.17) is 9.47 Å². The molecule has 4 aromatic heterocycles. The Hall–Kier alpha value is -5.34. The van der Waals surface area contributed by atoms with Gasteiger partial charge in [0.25, 0.3) is 5.95 Å². The van der Waals surface area contributed by atoms with Crippen LogP contribution < -0.4 is 4.90 Å². The highest BCUT2D eigenvalue weighted by Gasteiger charge is 2.35. The molecule has 0 bridgehead atoms. The number of carbonyl (C=O) groups excluding carboxylic acids is 2. The van der Waals surface area contributed by atoms with Crippen LogP contribution in [0.5, 0.6) is 0 Å². The maximum Gasteiger partial charge on any atom is 0.427 e. The minimum atomic E-state index is -2.62. The SMILES string of the molecule is CC(C)(C)OC(=O)N(C(=O)OC(C)(C)C)c1nc2cc(-c3cncc(-c4cnn(C(CC(F)F)c5ccc(F)cc5)c4)n3)ccn2n1. The van der Waals surface area contributed by atoms with Gasteiger partial charge < -0.3 is 9.47 Å². The van der Waals surface area contributed by atoms with Crippen molar-refractivity contribution in [1.82, 2.24) is 34.3 Å². The Morgan fingerprint density at radius 2 is 1.49 bits per heavy atom. The van der Waals surface area contributed by atoms with Crippen molar-refractivity contribution in [3.8, 4) is 22.5 Å². The minimum Gasteiger partial charge on any atom is -0.443 e. The maximum atomic E-state index is 13.5. The van der Waals surface area contributed by atoms with Gasteiger partial charge in [0.05, 0.1) is 36.0 Å². The van der Waals surface area contributed by atoms with E-state index in [0.29, 0.717) is 33.0 Å². The van der Waals surface area contributed by atoms with E-state index in [1.807, 2.05) is 0 Å². The van der Waals surface area contributed by atoms with Gasteiger partial charge in [0, 0.05) is 29.9 Å². The van der Waals surface area contributed by atoms with E-state index in [2.05, 4.69) is 25.1 Å². The smallest absolute Gasteiger partial charge is 0.427 e. The van der Waals surface area contributed by atoms with Crippen LogP contribution in [0.15, 0.2) is 67.4 Å². The van der Waals surface area contributed by atoms with Crippen LogP contribution in [0.3, 0.4) is 0 Å². The van der Waals surface area contributed by atoms with E-state index in [9.17, 15) is 22.8 Å². The molecule has 1 unspecified atom stereocenters. The molecule has 4 heterocycles. The fourth-order valence-electron chi connectivity index (χ4n) is 4.51. The summed E-state index contributed by atoms with van der Waals surface area (Å²) >= 11 is 0. The number of benzene rings is 1. The minimum absolute atomic E-state index is 0.252. The normalized spacial score (nSPS) is 12.7. The number of hydrogen-bond donors (Lipinski definition) is 0. The molecule has 1 atom stereocenters. The first-order chi connectivity index (χ1) is 22.1. The molecular weight excluding hydrogens is 617 g/mol. The van der Waals surface area contributed by atoms with Gasteiger partial charge in [-0.05, 0) is 71.4 Å². The summed E-state index contributed by atoms with van der Waals surface area (Å²) in [6, 6.07) is 7.85. The second-order valence-corrected chi connectivity index (χ2v) is 12.6. The van der Waals surface area contributed by atoms with Crippen LogP contribution in [0.1, 0.15) is 59.6 Å². The number of alkyl halides is 2. The van der Waals surface area contributed by atoms with Gasteiger partial charge in [0.15, 0.2) is 5.65 Å². The highest BCUT2D eigenvalue weighted by molar-refractivity contribution is 6.08. The number of halogens is 3. The lowest BCUT2D eigenvalue weighted by atomic mass is 10.0. The maximum absolute atomic E-state index is 13.5. The summed E-state index contributed by atoms with van der Waals surface area (Å²) in [6.45, 7) is 9.97. The van der Waals surface area contributed by atoms with E-state index >= 15 is 0 Å². The number of carbonyl (C=O) groups is 2. The average molecular weight is 651 g/mol. The van der Waals surface area contributed by atoms with Crippen LogP contribution in [0.25, 0.3) is 28.2 Å². The first-order valence-electron chi connectivity index (χ1n) is 14.6. The number of fused-ring (bicyclic) bond motifs is 1. The standard InChI is InChI=1S/C32H33F3N8O4/c1-31(2,3)46-29(44)43(30(45)47-32(4,5)6)28-39-27-13-20(11-12-41(27)40-28)23-16-36-17-24(38-23)21-15-37-42(18-21)25(14-26(34)35)19-7-9-22(33)10-8-19/h7-13,15-18,25-26H,14H2,1-6H3. The predicted molar refractivity (Wildman–Crippen MR) is 165 cm³/mol. The van der Waals surface area contributed by atoms with Gasteiger partial charge in [0.2, 0.25) is 6.43 Å². The first kappa shape index (κ1) is 33.0. The largest absolute Gasteiger partial charge is 0.443 e. The van der Waals surface area contributed by atoms with Gasteiger partial charge in [-0.1, -0.05) is 12.1 Å². The molecule has 1 aromatic carbocycles. The molecular formula is C32H33F3N8O4. The summed E-state index contributed by atoms with van der Waals surface area (Å²) in [4.78, 5) is 40.1. The Balaban J connectivity index is 1.45. The molecule has 12 nitrogen and oxygen atoms in total. The van der Waals surface area contributed by atoms with Crippen molar-refractivity contribution in [3.05, 3.63) is 78.8 Å². The number of pyridine rings is 1. The summed E-state index contributed by atoms with van der Waals surface area (Å²) in [5.74, 6) is -0.723. The zero-order chi connectivity index (χ0) is 34.1. The van der Waals surface area contributed by atoms with E-state index in [1.54, 1.807) is 66.1 Å². The molecule has 0 radical (unpaired) electrons. The molecule has 5 rings (SSSR count). The fourth-order valence-corrected chi connectivity index (χ4v) is 4.51. The molecule has 47 heavy (non-hydrogen) atoms. The van der Waals surface area contributed by atoms with Gasteiger partial charge in [-0.2, -0.15) is 10.1 Å².